The summed E-state index contributed by atoms with van der Waals surface area (Å²) in [7, 11) is 5.73. The van der Waals surface area contributed by atoms with Crippen molar-refractivity contribution >= 4 is 34.4 Å². The fraction of sp³-hybridized carbons (Fsp3) is 0.556. The summed E-state index contributed by atoms with van der Waals surface area (Å²) in [5, 5.41) is 14.9. The molecule has 1 amide bonds. The van der Waals surface area contributed by atoms with Gasteiger partial charge in [-0.05, 0) is 50.9 Å². The van der Waals surface area contributed by atoms with Crippen LogP contribution in [0.3, 0.4) is 0 Å². The van der Waals surface area contributed by atoms with E-state index in [0.717, 1.165) is 61.8 Å². The minimum Gasteiger partial charge on any atom is -0.374 e. The average Bonchev–Trinajstić information content (AvgIpc) is 3.60. The third-order valence-corrected chi connectivity index (χ3v) is 8.45. The molecule has 1 unspecified atom stereocenters. The van der Waals surface area contributed by atoms with Gasteiger partial charge in [-0.25, -0.2) is 9.97 Å². The highest BCUT2D eigenvalue weighted by Crippen LogP contribution is 2.35. The van der Waals surface area contributed by atoms with Gasteiger partial charge in [0.15, 0.2) is 0 Å². The second-order valence-electron chi connectivity index (χ2n) is 11.0. The summed E-state index contributed by atoms with van der Waals surface area (Å²) in [6.07, 6.45) is 10.6. The normalized spacial score (nSPS) is 24.5. The molecule has 0 aromatic carbocycles. The molecule has 3 aromatic heterocycles. The number of fused-ring (bicyclic) bond motifs is 3. The summed E-state index contributed by atoms with van der Waals surface area (Å²) in [6.45, 7) is 0.800. The Morgan fingerprint density at radius 2 is 1.84 bits per heavy atom. The fourth-order valence-corrected chi connectivity index (χ4v) is 6.33. The summed E-state index contributed by atoms with van der Waals surface area (Å²) in [6, 6.07) is 6.97. The predicted octanol–water partition coefficient (Wildman–Crippen LogP) is 3.38. The first-order chi connectivity index (χ1) is 17.9. The van der Waals surface area contributed by atoms with Crippen molar-refractivity contribution < 1.29 is 9.90 Å². The minimum absolute atomic E-state index is 0.0215. The van der Waals surface area contributed by atoms with Crippen LogP contribution in [0.2, 0.25) is 0 Å². The van der Waals surface area contributed by atoms with E-state index in [4.69, 9.17) is 4.98 Å². The Morgan fingerprint density at radius 3 is 2.57 bits per heavy atom. The number of aliphatic hydroxyl groups is 1. The maximum absolute atomic E-state index is 12.9. The van der Waals surface area contributed by atoms with E-state index in [9.17, 15) is 9.90 Å². The Morgan fingerprint density at radius 1 is 1.05 bits per heavy atom. The molecule has 2 bridgehead atoms. The SMILES string of the molecule is CN(C)C(=O)c1cc2cnc(Nc3ccc(N4C[C@H]5CC[C@@H](CC4O)N5C)cn3)nc2n1C1CCCC1. The van der Waals surface area contributed by atoms with E-state index in [2.05, 4.69) is 36.7 Å². The summed E-state index contributed by atoms with van der Waals surface area (Å²) in [5.41, 5.74) is 2.35. The third-order valence-electron chi connectivity index (χ3n) is 8.45. The van der Waals surface area contributed by atoms with Crippen molar-refractivity contribution in [3.63, 3.8) is 0 Å². The van der Waals surface area contributed by atoms with Gasteiger partial charge in [0, 0.05) is 56.8 Å². The molecule has 3 fully saturated rings. The van der Waals surface area contributed by atoms with E-state index in [1.165, 1.54) is 6.42 Å². The van der Waals surface area contributed by atoms with E-state index in [-0.39, 0.29) is 11.9 Å². The van der Waals surface area contributed by atoms with Gasteiger partial charge in [0.05, 0.1) is 11.9 Å². The topological polar surface area (TPSA) is 103 Å². The summed E-state index contributed by atoms with van der Waals surface area (Å²) in [5.74, 6) is 1.06. The smallest absolute Gasteiger partial charge is 0.270 e. The molecule has 3 aromatic rings. The molecule has 2 saturated heterocycles. The Labute approximate surface area is 217 Å². The second kappa shape index (κ2) is 9.57. The number of nitrogens with zero attached hydrogens (tertiary/aromatic N) is 7. The zero-order valence-corrected chi connectivity index (χ0v) is 21.8. The number of rotatable bonds is 5. The number of aliphatic hydroxyl groups excluding tert-OH is 1. The van der Waals surface area contributed by atoms with E-state index >= 15 is 0 Å². The number of aromatic nitrogens is 4. The first-order valence-electron chi connectivity index (χ1n) is 13.4. The molecule has 1 saturated carbocycles. The van der Waals surface area contributed by atoms with Crippen LogP contribution in [0.5, 0.6) is 0 Å². The molecule has 0 radical (unpaired) electrons. The molecule has 3 atom stereocenters. The molecule has 2 N–H and O–H groups in total. The monoisotopic (exact) mass is 504 g/mol. The largest absolute Gasteiger partial charge is 0.374 e. The molecule has 37 heavy (non-hydrogen) atoms. The van der Waals surface area contributed by atoms with Crippen molar-refractivity contribution in [3.05, 3.63) is 36.3 Å². The van der Waals surface area contributed by atoms with Gasteiger partial charge in [0.25, 0.3) is 5.91 Å². The van der Waals surface area contributed by atoms with Crippen LogP contribution in [0.1, 0.15) is 61.5 Å². The van der Waals surface area contributed by atoms with Crippen LogP contribution < -0.4 is 10.2 Å². The summed E-state index contributed by atoms with van der Waals surface area (Å²) >= 11 is 0. The molecular formula is C27H36N8O2. The molecule has 3 aliphatic rings. The quantitative estimate of drug-likeness (QED) is 0.545. The van der Waals surface area contributed by atoms with Gasteiger partial charge < -0.3 is 24.8 Å². The maximum Gasteiger partial charge on any atom is 0.270 e. The first kappa shape index (κ1) is 24.1. The zero-order valence-electron chi connectivity index (χ0n) is 21.8. The van der Waals surface area contributed by atoms with Gasteiger partial charge in [0.2, 0.25) is 5.95 Å². The van der Waals surface area contributed by atoms with Crippen LogP contribution in [0.15, 0.2) is 30.6 Å². The lowest BCUT2D eigenvalue weighted by Crippen LogP contribution is -2.40. The summed E-state index contributed by atoms with van der Waals surface area (Å²) in [4.78, 5) is 33.0. The lowest BCUT2D eigenvalue weighted by molar-refractivity contribution is 0.0815. The van der Waals surface area contributed by atoms with Crippen molar-refractivity contribution in [2.75, 3.05) is 37.9 Å². The van der Waals surface area contributed by atoms with Crippen LogP contribution in [0.4, 0.5) is 17.5 Å². The maximum atomic E-state index is 12.9. The predicted molar refractivity (Wildman–Crippen MR) is 143 cm³/mol. The fourth-order valence-electron chi connectivity index (χ4n) is 6.33. The number of pyridine rings is 1. The Hall–Kier alpha value is -3.24. The number of carbonyl (C=O) groups excluding carboxylic acids is 1. The molecule has 2 aliphatic heterocycles. The van der Waals surface area contributed by atoms with Crippen LogP contribution in [0, 0.1) is 0 Å². The lowest BCUT2D eigenvalue weighted by atomic mass is 10.1. The van der Waals surface area contributed by atoms with Crippen molar-refractivity contribution in [2.24, 2.45) is 0 Å². The second-order valence-corrected chi connectivity index (χ2v) is 11.0. The molecule has 10 nitrogen and oxygen atoms in total. The van der Waals surface area contributed by atoms with Gasteiger partial charge in [-0.1, -0.05) is 12.8 Å². The van der Waals surface area contributed by atoms with Crippen molar-refractivity contribution in [2.45, 2.75) is 69.3 Å². The number of amides is 1. The van der Waals surface area contributed by atoms with Crippen LogP contribution in [-0.4, -0.2) is 86.3 Å². The minimum atomic E-state index is -0.508. The molecule has 6 rings (SSSR count). The van der Waals surface area contributed by atoms with Crippen LogP contribution >= 0.6 is 0 Å². The summed E-state index contributed by atoms with van der Waals surface area (Å²) < 4.78 is 2.11. The van der Waals surface area contributed by atoms with Gasteiger partial charge in [-0.2, -0.15) is 4.98 Å². The molecule has 10 heteroatoms. The zero-order chi connectivity index (χ0) is 25.7. The van der Waals surface area contributed by atoms with Crippen LogP contribution in [0.25, 0.3) is 11.0 Å². The molecule has 5 heterocycles. The van der Waals surface area contributed by atoms with Crippen molar-refractivity contribution in [1.82, 2.24) is 29.3 Å². The number of nitrogens with one attached hydrogen (secondary N) is 1. The highest BCUT2D eigenvalue weighted by Gasteiger charge is 2.38. The number of hydrogen-bond donors (Lipinski definition) is 2. The van der Waals surface area contributed by atoms with E-state index < -0.39 is 6.23 Å². The van der Waals surface area contributed by atoms with Gasteiger partial charge in [0.1, 0.15) is 23.4 Å². The lowest BCUT2D eigenvalue weighted by Gasteiger charge is -2.31. The van der Waals surface area contributed by atoms with Crippen LogP contribution in [-0.2, 0) is 0 Å². The number of carbonyl (C=O) groups is 1. The van der Waals surface area contributed by atoms with Gasteiger partial charge in [-0.3, -0.25) is 9.69 Å². The number of anilines is 3. The standard InChI is InChI=1S/C27H36N8O2/c1-32(2)26(37)22-12-17-14-29-27(31-25(17)35(22)18-6-4-5-7-18)30-23-11-10-20(15-28-23)34-16-21-9-8-19(33(21)3)13-24(34)36/h10-12,14-15,18-19,21,24,36H,4-9,13,16H2,1-3H3,(H,28,29,30,31)/t19-,21+,24?/m0/s1. The van der Waals surface area contributed by atoms with Gasteiger partial charge >= 0.3 is 0 Å². The Bertz CT molecular complexity index is 1280. The van der Waals surface area contributed by atoms with Gasteiger partial charge in [-0.15, -0.1) is 0 Å². The number of likely N-dealkylation sites (N-methyl/N-ethyl adjacent to an activating group) is 1. The first-order valence-corrected chi connectivity index (χ1v) is 13.4. The highest BCUT2D eigenvalue weighted by atomic mass is 16.3. The molecule has 0 spiro atoms. The number of hydrogen-bond acceptors (Lipinski definition) is 8. The van der Waals surface area contributed by atoms with E-state index in [0.29, 0.717) is 29.5 Å². The highest BCUT2D eigenvalue weighted by molar-refractivity contribution is 5.97. The van der Waals surface area contributed by atoms with Crippen molar-refractivity contribution in [3.8, 4) is 0 Å². The van der Waals surface area contributed by atoms with E-state index in [1.54, 1.807) is 31.4 Å². The molecule has 196 valence electrons. The molecule has 1 aliphatic carbocycles. The third kappa shape index (κ3) is 4.42. The van der Waals surface area contributed by atoms with Crippen molar-refractivity contribution in [1.29, 1.82) is 0 Å². The Balaban J connectivity index is 1.25. The average molecular weight is 505 g/mol. The Kier molecular flexibility index (Phi) is 6.24. The van der Waals surface area contributed by atoms with E-state index in [1.807, 2.05) is 18.2 Å². The molecular weight excluding hydrogens is 468 g/mol.